The molecule has 4 nitrogen and oxygen atoms in total. The number of nitrogens with zero attached hydrogens (tertiary/aromatic N) is 1. The maximum absolute atomic E-state index is 12.2. The van der Waals surface area contributed by atoms with Gasteiger partial charge in [0.25, 0.3) is 5.91 Å². The van der Waals surface area contributed by atoms with E-state index < -0.39 is 0 Å². The van der Waals surface area contributed by atoms with Crippen molar-refractivity contribution in [2.45, 2.75) is 6.92 Å². The molecule has 21 heavy (non-hydrogen) atoms. The van der Waals surface area contributed by atoms with Crippen molar-refractivity contribution < 1.29 is 9.90 Å². The van der Waals surface area contributed by atoms with E-state index in [1.54, 1.807) is 24.4 Å². The van der Waals surface area contributed by atoms with Gasteiger partial charge in [-0.15, -0.1) is 0 Å². The van der Waals surface area contributed by atoms with Crippen LogP contribution < -0.4 is 5.32 Å². The molecular formula is C17H14N2O2. The Kier molecular flexibility index (Phi) is 3.28. The molecule has 0 saturated heterocycles. The zero-order valence-corrected chi connectivity index (χ0v) is 11.5. The third kappa shape index (κ3) is 2.69. The van der Waals surface area contributed by atoms with Crippen LogP contribution >= 0.6 is 0 Å². The summed E-state index contributed by atoms with van der Waals surface area (Å²) in [6.07, 6.45) is 1.60. The average Bonchev–Trinajstić information content (AvgIpc) is 2.47. The van der Waals surface area contributed by atoms with Crippen molar-refractivity contribution in [1.29, 1.82) is 0 Å². The van der Waals surface area contributed by atoms with E-state index in [2.05, 4.69) is 10.3 Å². The lowest BCUT2D eigenvalue weighted by molar-refractivity contribution is 0.102. The Morgan fingerprint density at radius 2 is 1.95 bits per heavy atom. The molecule has 0 atom stereocenters. The van der Waals surface area contributed by atoms with Crippen molar-refractivity contribution in [3.05, 3.63) is 65.9 Å². The summed E-state index contributed by atoms with van der Waals surface area (Å²) in [5.74, 6) is -0.383. The lowest BCUT2D eigenvalue weighted by Gasteiger charge is -2.08. The minimum Gasteiger partial charge on any atom is -0.507 e. The van der Waals surface area contributed by atoms with Gasteiger partial charge in [-0.05, 0) is 36.8 Å². The molecule has 0 unspecified atom stereocenters. The molecule has 2 N–H and O–H groups in total. The second-order valence-electron chi connectivity index (χ2n) is 4.89. The molecule has 104 valence electrons. The number of phenols is 1. The van der Waals surface area contributed by atoms with Crippen LogP contribution in [-0.4, -0.2) is 16.0 Å². The van der Waals surface area contributed by atoms with Crippen LogP contribution in [0, 0.1) is 6.92 Å². The molecule has 3 aromatic rings. The molecule has 1 heterocycles. The highest BCUT2D eigenvalue weighted by Crippen LogP contribution is 2.21. The predicted molar refractivity (Wildman–Crippen MR) is 82.5 cm³/mol. The molecular weight excluding hydrogens is 264 g/mol. The number of anilines is 1. The summed E-state index contributed by atoms with van der Waals surface area (Å²) in [6.45, 7) is 1.86. The van der Waals surface area contributed by atoms with E-state index in [4.69, 9.17) is 0 Å². The molecule has 0 saturated carbocycles. The number of para-hydroxylation sites is 1. The quantitative estimate of drug-likeness (QED) is 0.754. The summed E-state index contributed by atoms with van der Waals surface area (Å²) in [6, 6.07) is 14.5. The van der Waals surface area contributed by atoms with Gasteiger partial charge in [0.1, 0.15) is 5.75 Å². The summed E-state index contributed by atoms with van der Waals surface area (Å²) in [5, 5.41) is 13.5. The highest BCUT2D eigenvalue weighted by Gasteiger charge is 2.11. The first-order valence-corrected chi connectivity index (χ1v) is 6.59. The smallest absolute Gasteiger partial charge is 0.259 e. The number of aryl methyl sites for hydroxylation is 1. The zero-order valence-electron chi connectivity index (χ0n) is 11.5. The van der Waals surface area contributed by atoms with Crippen LogP contribution in [0.15, 0.2) is 54.7 Å². The molecule has 0 radical (unpaired) electrons. The number of benzene rings is 2. The summed E-state index contributed by atoms with van der Waals surface area (Å²) in [4.78, 5) is 16.5. The van der Waals surface area contributed by atoms with Gasteiger partial charge in [0.15, 0.2) is 0 Å². The molecule has 1 aromatic heterocycles. The third-order valence-corrected chi connectivity index (χ3v) is 3.25. The lowest BCUT2D eigenvalue weighted by atomic mass is 10.1. The molecule has 4 heteroatoms. The Hall–Kier alpha value is -2.88. The van der Waals surface area contributed by atoms with Gasteiger partial charge in [-0.25, -0.2) is 0 Å². The van der Waals surface area contributed by atoms with E-state index in [-0.39, 0.29) is 17.2 Å². The molecule has 0 aliphatic carbocycles. The number of carbonyl (C=O) groups is 1. The Bertz CT molecular complexity index is 828. The first kappa shape index (κ1) is 13.1. The van der Waals surface area contributed by atoms with E-state index in [0.717, 1.165) is 16.5 Å². The highest BCUT2D eigenvalue weighted by atomic mass is 16.3. The fourth-order valence-electron chi connectivity index (χ4n) is 2.17. The number of fused-ring (bicyclic) bond motifs is 1. The normalized spacial score (nSPS) is 10.5. The third-order valence-electron chi connectivity index (χ3n) is 3.25. The minimum absolute atomic E-state index is 0.0266. The first-order chi connectivity index (χ1) is 10.1. The summed E-state index contributed by atoms with van der Waals surface area (Å²) in [7, 11) is 0. The van der Waals surface area contributed by atoms with Crippen molar-refractivity contribution in [3.8, 4) is 5.75 Å². The molecule has 0 aliphatic rings. The number of hydrogen-bond donors (Lipinski definition) is 2. The highest BCUT2D eigenvalue weighted by molar-refractivity contribution is 6.06. The van der Waals surface area contributed by atoms with Gasteiger partial charge in [0.05, 0.1) is 23.0 Å². The van der Waals surface area contributed by atoms with Gasteiger partial charge >= 0.3 is 0 Å². The van der Waals surface area contributed by atoms with Gasteiger partial charge in [0.2, 0.25) is 0 Å². The summed E-state index contributed by atoms with van der Waals surface area (Å²) in [5.41, 5.74) is 2.61. The van der Waals surface area contributed by atoms with Gasteiger partial charge in [-0.2, -0.15) is 0 Å². The largest absolute Gasteiger partial charge is 0.507 e. The molecule has 3 rings (SSSR count). The van der Waals surface area contributed by atoms with E-state index in [1.165, 1.54) is 0 Å². The van der Waals surface area contributed by atoms with E-state index in [0.29, 0.717) is 5.69 Å². The van der Waals surface area contributed by atoms with Crippen LogP contribution in [0.25, 0.3) is 10.9 Å². The maximum Gasteiger partial charge on any atom is 0.259 e. The van der Waals surface area contributed by atoms with Crippen LogP contribution in [0.5, 0.6) is 5.75 Å². The Labute approximate surface area is 122 Å². The van der Waals surface area contributed by atoms with Crippen molar-refractivity contribution in [2.24, 2.45) is 0 Å². The number of aromatic hydroxyl groups is 1. The molecule has 2 aromatic carbocycles. The van der Waals surface area contributed by atoms with Crippen LogP contribution in [0.3, 0.4) is 0 Å². The Morgan fingerprint density at radius 3 is 2.76 bits per heavy atom. The monoisotopic (exact) mass is 278 g/mol. The number of aromatic nitrogens is 1. The fraction of sp³-hybridized carbons (Fsp3) is 0.0588. The van der Waals surface area contributed by atoms with Crippen molar-refractivity contribution in [2.75, 3.05) is 5.32 Å². The van der Waals surface area contributed by atoms with Crippen molar-refractivity contribution in [3.63, 3.8) is 0 Å². The van der Waals surface area contributed by atoms with E-state index in [1.807, 2.05) is 37.3 Å². The van der Waals surface area contributed by atoms with Crippen molar-refractivity contribution in [1.82, 2.24) is 4.98 Å². The van der Waals surface area contributed by atoms with Gasteiger partial charge in [0, 0.05) is 5.39 Å². The average molecular weight is 278 g/mol. The van der Waals surface area contributed by atoms with Crippen LogP contribution in [-0.2, 0) is 0 Å². The molecule has 0 bridgehead atoms. The number of phenolic OH excluding ortho intramolecular Hbond substituents is 1. The number of pyridine rings is 1. The van der Waals surface area contributed by atoms with Crippen LogP contribution in [0.4, 0.5) is 5.69 Å². The topological polar surface area (TPSA) is 62.2 Å². The fourth-order valence-corrected chi connectivity index (χ4v) is 2.17. The second-order valence-corrected chi connectivity index (χ2v) is 4.89. The lowest BCUT2D eigenvalue weighted by Crippen LogP contribution is -2.12. The Morgan fingerprint density at radius 1 is 1.14 bits per heavy atom. The molecule has 0 aliphatic heterocycles. The summed E-state index contributed by atoms with van der Waals surface area (Å²) < 4.78 is 0. The molecule has 1 amide bonds. The van der Waals surface area contributed by atoms with Gasteiger partial charge < -0.3 is 10.4 Å². The number of carbonyl (C=O) groups excluding carboxylic acids is 1. The number of rotatable bonds is 2. The molecule has 0 spiro atoms. The van der Waals surface area contributed by atoms with Crippen LogP contribution in [0.1, 0.15) is 15.9 Å². The van der Waals surface area contributed by atoms with Gasteiger partial charge in [-0.1, -0.05) is 24.3 Å². The summed E-state index contributed by atoms with van der Waals surface area (Å²) >= 11 is 0. The maximum atomic E-state index is 12.2. The molecule has 0 fully saturated rings. The van der Waals surface area contributed by atoms with Gasteiger partial charge in [-0.3, -0.25) is 9.78 Å². The standard InChI is InChI=1S/C17H14N2O2/c1-11-6-7-14(16(20)8-11)17(21)19-13-9-12-4-2-3-5-15(12)18-10-13/h2-10,20H,1H3,(H,19,21). The SMILES string of the molecule is Cc1ccc(C(=O)Nc2cnc3ccccc3c2)c(O)c1. The van der Waals surface area contributed by atoms with E-state index >= 15 is 0 Å². The number of amides is 1. The second kappa shape index (κ2) is 5.25. The Balaban J connectivity index is 1.89. The number of nitrogens with one attached hydrogen (secondary N) is 1. The van der Waals surface area contributed by atoms with Crippen molar-refractivity contribution >= 4 is 22.5 Å². The van der Waals surface area contributed by atoms with Crippen LogP contribution in [0.2, 0.25) is 0 Å². The zero-order chi connectivity index (χ0) is 14.8. The number of hydrogen-bond acceptors (Lipinski definition) is 3. The first-order valence-electron chi connectivity index (χ1n) is 6.59. The predicted octanol–water partition coefficient (Wildman–Crippen LogP) is 3.50. The minimum atomic E-state index is -0.357. The van der Waals surface area contributed by atoms with E-state index in [9.17, 15) is 9.90 Å².